The summed E-state index contributed by atoms with van der Waals surface area (Å²) in [7, 11) is 1.73. The standard InChI is InChI=1S/C16H25N3O2/c1-3-4-5-9-18-15(20)13-16(21)19(2)12-8-14-6-10-17-11-7-14/h6-7,10-11H,3-5,8-9,12-13H2,1-2H3,(H,18,20). The highest BCUT2D eigenvalue weighted by Crippen LogP contribution is 2.00. The number of nitrogens with one attached hydrogen (secondary N) is 1. The Morgan fingerprint density at radius 2 is 1.95 bits per heavy atom. The molecule has 0 saturated heterocycles. The lowest BCUT2D eigenvalue weighted by molar-refractivity contribution is -0.135. The van der Waals surface area contributed by atoms with Crippen molar-refractivity contribution in [3.8, 4) is 0 Å². The normalized spacial score (nSPS) is 10.2. The number of rotatable bonds is 9. The van der Waals surface area contributed by atoms with Crippen LogP contribution in [0.3, 0.4) is 0 Å². The number of likely N-dealkylation sites (N-methyl/N-ethyl adjacent to an activating group) is 1. The number of amides is 2. The molecule has 0 saturated carbocycles. The molecule has 0 bridgehead atoms. The lowest BCUT2D eigenvalue weighted by atomic mass is 10.2. The zero-order valence-electron chi connectivity index (χ0n) is 13.0. The lowest BCUT2D eigenvalue weighted by Crippen LogP contribution is -2.34. The molecular formula is C16H25N3O2. The first-order valence-corrected chi connectivity index (χ1v) is 7.53. The summed E-state index contributed by atoms with van der Waals surface area (Å²) in [5, 5.41) is 2.78. The van der Waals surface area contributed by atoms with Gasteiger partial charge in [-0.15, -0.1) is 0 Å². The van der Waals surface area contributed by atoms with E-state index in [2.05, 4.69) is 17.2 Å². The van der Waals surface area contributed by atoms with E-state index in [9.17, 15) is 9.59 Å². The number of nitrogens with zero attached hydrogens (tertiary/aromatic N) is 2. The average molecular weight is 291 g/mol. The molecule has 1 aromatic rings. The number of hydrogen-bond donors (Lipinski definition) is 1. The Labute approximate surface area is 126 Å². The molecule has 0 aliphatic carbocycles. The molecule has 0 fully saturated rings. The van der Waals surface area contributed by atoms with E-state index in [1.54, 1.807) is 24.3 Å². The van der Waals surface area contributed by atoms with Crippen LogP contribution in [0.25, 0.3) is 0 Å². The number of hydrogen-bond acceptors (Lipinski definition) is 3. The zero-order valence-corrected chi connectivity index (χ0v) is 13.0. The van der Waals surface area contributed by atoms with Gasteiger partial charge >= 0.3 is 0 Å². The molecule has 0 atom stereocenters. The summed E-state index contributed by atoms with van der Waals surface area (Å²) >= 11 is 0. The quantitative estimate of drug-likeness (QED) is 0.557. The fourth-order valence-electron chi connectivity index (χ4n) is 1.91. The topological polar surface area (TPSA) is 62.3 Å². The van der Waals surface area contributed by atoms with Crippen molar-refractivity contribution in [1.82, 2.24) is 15.2 Å². The highest BCUT2D eigenvalue weighted by Gasteiger charge is 2.13. The summed E-state index contributed by atoms with van der Waals surface area (Å²) in [5.41, 5.74) is 1.13. The van der Waals surface area contributed by atoms with Gasteiger partial charge in [-0.1, -0.05) is 19.8 Å². The average Bonchev–Trinajstić information content (AvgIpc) is 2.50. The minimum absolute atomic E-state index is 0.0705. The first kappa shape index (κ1) is 17.1. The van der Waals surface area contributed by atoms with E-state index in [0.29, 0.717) is 13.1 Å². The molecule has 1 aromatic heterocycles. The van der Waals surface area contributed by atoms with Gasteiger partial charge in [0.2, 0.25) is 11.8 Å². The fourth-order valence-corrected chi connectivity index (χ4v) is 1.91. The van der Waals surface area contributed by atoms with Crippen molar-refractivity contribution in [2.75, 3.05) is 20.1 Å². The molecule has 0 radical (unpaired) electrons. The van der Waals surface area contributed by atoms with E-state index in [1.165, 1.54) is 0 Å². The molecule has 1 heterocycles. The Kier molecular flexibility index (Phi) is 8.09. The molecule has 0 aliphatic rings. The van der Waals surface area contributed by atoms with Gasteiger partial charge in [0.25, 0.3) is 0 Å². The van der Waals surface area contributed by atoms with Crippen LogP contribution in [0.15, 0.2) is 24.5 Å². The first-order chi connectivity index (χ1) is 10.1. The van der Waals surface area contributed by atoms with E-state index >= 15 is 0 Å². The Bertz CT molecular complexity index is 434. The Morgan fingerprint density at radius 3 is 2.62 bits per heavy atom. The molecule has 0 unspecified atom stereocenters. The van der Waals surface area contributed by atoms with Gasteiger partial charge < -0.3 is 10.2 Å². The van der Waals surface area contributed by atoms with Gasteiger partial charge in [0.1, 0.15) is 6.42 Å². The fraction of sp³-hybridized carbons (Fsp3) is 0.562. The number of pyridine rings is 1. The van der Waals surface area contributed by atoms with E-state index < -0.39 is 0 Å². The third-order valence-corrected chi connectivity index (χ3v) is 3.33. The molecular weight excluding hydrogens is 266 g/mol. The smallest absolute Gasteiger partial charge is 0.231 e. The maximum atomic E-state index is 11.9. The van der Waals surface area contributed by atoms with Crippen LogP contribution in [0.5, 0.6) is 0 Å². The summed E-state index contributed by atoms with van der Waals surface area (Å²) in [6, 6.07) is 3.86. The summed E-state index contributed by atoms with van der Waals surface area (Å²) in [6.45, 7) is 3.37. The molecule has 1 N–H and O–H groups in total. The van der Waals surface area contributed by atoms with Crippen molar-refractivity contribution in [2.24, 2.45) is 0 Å². The number of unbranched alkanes of at least 4 members (excludes halogenated alkanes) is 2. The summed E-state index contributed by atoms with van der Waals surface area (Å²) in [6.07, 6.45) is 7.35. The lowest BCUT2D eigenvalue weighted by Gasteiger charge is -2.17. The number of aromatic nitrogens is 1. The second kappa shape index (κ2) is 9.91. The van der Waals surface area contributed by atoms with Crippen molar-refractivity contribution in [1.29, 1.82) is 0 Å². The minimum atomic E-state index is -0.188. The zero-order chi connectivity index (χ0) is 15.5. The third kappa shape index (κ3) is 7.44. The molecule has 0 spiro atoms. The maximum absolute atomic E-state index is 11.9. The Balaban J connectivity index is 2.22. The summed E-state index contributed by atoms with van der Waals surface area (Å²) in [4.78, 5) is 29.1. The van der Waals surface area contributed by atoms with Gasteiger partial charge in [-0.25, -0.2) is 0 Å². The van der Waals surface area contributed by atoms with Gasteiger partial charge in [0, 0.05) is 32.5 Å². The van der Waals surface area contributed by atoms with Crippen molar-refractivity contribution in [3.63, 3.8) is 0 Å². The molecule has 2 amide bonds. The van der Waals surface area contributed by atoms with Crippen LogP contribution in [0.1, 0.15) is 38.2 Å². The number of carbonyl (C=O) groups is 2. The number of carbonyl (C=O) groups excluding carboxylic acids is 2. The Hall–Kier alpha value is -1.91. The van der Waals surface area contributed by atoms with Crippen LogP contribution in [-0.4, -0.2) is 41.8 Å². The second-order valence-corrected chi connectivity index (χ2v) is 5.15. The van der Waals surface area contributed by atoms with Gasteiger partial charge in [-0.05, 0) is 30.5 Å². The van der Waals surface area contributed by atoms with Crippen LogP contribution in [0.2, 0.25) is 0 Å². The molecule has 1 rings (SSSR count). The van der Waals surface area contributed by atoms with Gasteiger partial charge in [0.15, 0.2) is 0 Å². The minimum Gasteiger partial charge on any atom is -0.356 e. The van der Waals surface area contributed by atoms with Crippen LogP contribution >= 0.6 is 0 Å². The van der Waals surface area contributed by atoms with Crippen molar-refractivity contribution < 1.29 is 9.59 Å². The Morgan fingerprint density at radius 1 is 1.24 bits per heavy atom. The van der Waals surface area contributed by atoms with Crippen molar-refractivity contribution in [3.05, 3.63) is 30.1 Å². The maximum Gasteiger partial charge on any atom is 0.231 e. The predicted molar refractivity (Wildman–Crippen MR) is 82.7 cm³/mol. The van der Waals surface area contributed by atoms with Crippen LogP contribution in [0, 0.1) is 0 Å². The van der Waals surface area contributed by atoms with Crippen molar-refractivity contribution >= 4 is 11.8 Å². The molecule has 0 aromatic carbocycles. The molecule has 0 aliphatic heterocycles. The van der Waals surface area contributed by atoms with Crippen LogP contribution < -0.4 is 5.32 Å². The predicted octanol–water partition coefficient (Wildman–Crippen LogP) is 1.78. The molecule has 21 heavy (non-hydrogen) atoms. The molecule has 5 heteroatoms. The highest BCUT2D eigenvalue weighted by atomic mass is 16.2. The molecule has 116 valence electrons. The van der Waals surface area contributed by atoms with E-state index in [-0.39, 0.29) is 18.2 Å². The SMILES string of the molecule is CCCCCNC(=O)CC(=O)N(C)CCc1ccncc1. The van der Waals surface area contributed by atoms with Crippen molar-refractivity contribution in [2.45, 2.75) is 39.0 Å². The van der Waals surface area contributed by atoms with E-state index in [4.69, 9.17) is 0 Å². The van der Waals surface area contributed by atoms with Gasteiger partial charge in [0.05, 0.1) is 0 Å². The monoisotopic (exact) mass is 291 g/mol. The van der Waals surface area contributed by atoms with Gasteiger partial charge in [-0.2, -0.15) is 0 Å². The van der Waals surface area contributed by atoms with E-state index in [0.717, 1.165) is 31.2 Å². The van der Waals surface area contributed by atoms with Crippen LogP contribution in [0.4, 0.5) is 0 Å². The third-order valence-electron chi connectivity index (χ3n) is 3.33. The van der Waals surface area contributed by atoms with Gasteiger partial charge in [-0.3, -0.25) is 14.6 Å². The largest absolute Gasteiger partial charge is 0.356 e. The second-order valence-electron chi connectivity index (χ2n) is 5.15. The first-order valence-electron chi connectivity index (χ1n) is 7.53. The van der Waals surface area contributed by atoms with Crippen LogP contribution in [-0.2, 0) is 16.0 Å². The molecule has 5 nitrogen and oxygen atoms in total. The summed E-state index contributed by atoms with van der Waals surface area (Å²) < 4.78 is 0. The highest BCUT2D eigenvalue weighted by molar-refractivity contribution is 5.96. The van der Waals surface area contributed by atoms with E-state index in [1.807, 2.05) is 12.1 Å². The summed E-state index contributed by atoms with van der Waals surface area (Å²) in [5.74, 6) is -0.330.